The van der Waals surface area contributed by atoms with Crippen LogP contribution in [0.2, 0.25) is 0 Å². The summed E-state index contributed by atoms with van der Waals surface area (Å²) in [5.74, 6) is -0.370. The van der Waals surface area contributed by atoms with E-state index in [0.29, 0.717) is 38.1 Å². The van der Waals surface area contributed by atoms with E-state index in [4.69, 9.17) is 16.2 Å². The summed E-state index contributed by atoms with van der Waals surface area (Å²) in [5.41, 5.74) is 14.5. The van der Waals surface area contributed by atoms with Gasteiger partial charge in [0.25, 0.3) is 5.91 Å². The highest BCUT2D eigenvalue weighted by molar-refractivity contribution is 7.23. The van der Waals surface area contributed by atoms with Crippen LogP contribution in [0.25, 0.3) is 10.2 Å². The van der Waals surface area contributed by atoms with E-state index in [0.717, 1.165) is 31.2 Å². The van der Waals surface area contributed by atoms with Crippen molar-refractivity contribution in [1.82, 2.24) is 4.98 Å². The third-order valence-electron chi connectivity index (χ3n) is 6.64. The third-order valence-corrected chi connectivity index (χ3v) is 7.66. The fraction of sp³-hybridized carbons (Fsp3) is 0.222. The van der Waals surface area contributed by atoms with Crippen molar-refractivity contribution in [3.8, 4) is 11.5 Å². The van der Waals surface area contributed by atoms with Crippen LogP contribution in [0.3, 0.4) is 0 Å². The van der Waals surface area contributed by atoms with Gasteiger partial charge in [0.15, 0.2) is 10.9 Å². The summed E-state index contributed by atoms with van der Waals surface area (Å²) in [6.45, 7) is 0. The average Bonchev–Trinajstić information content (AvgIpc) is 3.82. The number of fused-ring (bicyclic) bond motifs is 1. The number of rotatable bonds is 7. The van der Waals surface area contributed by atoms with Crippen LogP contribution >= 0.6 is 11.3 Å². The standard InChI is InChI=1S/C27H24FN5O3S/c28-18-7-6-17(13-20(18)31-25(35)15-2-1-3-16(12-15)27(30)10-11-27)36-21-9-8-19-23(22(21)29)37-26(32-19)33-24(34)14-4-5-14/h1-3,6-9,12-14H,4-5,10-11,29-30H2,(H,31,35)(H,32,33,34). The van der Waals surface area contributed by atoms with Crippen LogP contribution in [0.1, 0.15) is 41.6 Å². The van der Waals surface area contributed by atoms with Gasteiger partial charge in [0.2, 0.25) is 5.91 Å². The zero-order valence-corrected chi connectivity index (χ0v) is 20.5. The smallest absolute Gasteiger partial charge is 0.255 e. The summed E-state index contributed by atoms with van der Waals surface area (Å²) in [6.07, 6.45) is 3.55. The van der Waals surface area contributed by atoms with Gasteiger partial charge in [-0.3, -0.25) is 9.59 Å². The number of benzene rings is 3. The number of halogens is 1. The van der Waals surface area contributed by atoms with Crippen molar-refractivity contribution < 1.29 is 18.7 Å². The number of carbonyl (C=O) groups is 2. The maximum atomic E-state index is 14.6. The van der Waals surface area contributed by atoms with Gasteiger partial charge in [0, 0.05) is 23.1 Å². The Morgan fingerprint density at radius 2 is 1.89 bits per heavy atom. The van der Waals surface area contributed by atoms with Gasteiger partial charge < -0.3 is 26.8 Å². The number of anilines is 3. The predicted molar refractivity (Wildman–Crippen MR) is 141 cm³/mol. The molecule has 2 aliphatic carbocycles. The summed E-state index contributed by atoms with van der Waals surface area (Å²) >= 11 is 1.27. The van der Waals surface area contributed by atoms with E-state index in [2.05, 4.69) is 15.6 Å². The molecule has 0 bridgehead atoms. The number of hydrogen-bond acceptors (Lipinski definition) is 7. The molecule has 4 aromatic rings. The molecule has 0 radical (unpaired) electrons. The third kappa shape index (κ3) is 4.73. The molecule has 6 rings (SSSR count). The molecule has 2 fully saturated rings. The molecule has 1 heterocycles. The van der Waals surface area contributed by atoms with Gasteiger partial charge in [-0.25, -0.2) is 9.37 Å². The van der Waals surface area contributed by atoms with Crippen molar-refractivity contribution >= 4 is 49.9 Å². The van der Waals surface area contributed by atoms with Crippen molar-refractivity contribution in [3.05, 3.63) is 71.5 Å². The van der Waals surface area contributed by atoms with Crippen LogP contribution in [-0.2, 0) is 10.3 Å². The lowest BCUT2D eigenvalue weighted by molar-refractivity contribution is -0.117. The first kappa shape index (κ1) is 23.4. The second-order valence-corrected chi connectivity index (χ2v) is 10.5. The summed E-state index contributed by atoms with van der Waals surface area (Å²) < 4.78 is 21.2. The fourth-order valence-electron chi connectivity index (χ4n) is 4.07. The minimum atomic E-state index is -0.601. The molecule has 2 saturated carbocycles. The number of nitrogens with one attached hydrogen (secondary N) is 2. The zero-order valence-electron chi connectivity index (χ0n) is 19.7. The molecule has 188 valence electrons. The van der Waals surface area contributed by atoms with Crippen molar-refractivity contribution in [3.63, 3.8) is 0 Å². The maximum Gasteiger partial charge on any atom is 0.255 e. The van der Waals surface area contributed by atoms with Crippen LogP contribution in [0, 0.1) is 11.7 Å². The highest BCUT2D eigenvalue weighted by Gasteiger charge is 2.40. The molecule has 8 nitrogen and oxygen atoms in total. The molecule has 0 unspecified atom stereocenters. The Bertz CT molecular complexity index is 1560. The first-order valence-corrected chi connectivity index (χ1v) is 12.8. The molecule has 1 aromatic heterocycles. The second kappa shape index (κ2) is 8.82. The highest BCUT2D eigenvalue weighted by atomic mass is 32.1. The molecule has 37 heavy (non-hydrogen) atoms. The van der Waals surface area contributed by atoms with Crippen LogP contribution in [0.15, 0.2) is 54.6 Å². The van der Waals surface area contributed by atoms with Gasteiger partial charge in [0.05, 0.1) is 21.6 Å². The van der Waals surface area contributed by atoms with Crippen molar-refractivity contribution in [2.24, 2.45) is 11.7 Å². The highest BCUT2D eigenvalue weighted by Crippen LogP contribution is 2.43. The Labute approximate surface area is 215 Å². The summed E-state index contributed by atoms with van der Waals surface area (Å²) in [5, 5.41) is 5.93. The summed E-state index contributed by atoms with van der Waals surface area (Å²) in [6, 6.07) is 14.6. The monoisotopic (exact) mass is 517 g/mol. The van der Waals surface area contributed by atoms with Crippen LogP contribution in [0.4, 0.5) is 20.9 Å². The molecule has 0 spiro atoms. The fourth-order valence-corrected chi connectivity index (χ4v) is 4.99. The Hall–Kier alpha value is -4.02. The average molecular weight is 518 g/mol. The molecule has 6 N–H and O–H groups in total. The lowest BCUT2D eigenvalue weighted by Gasteiger charge is -2.13. The van der Waals surface area contributed by atoms with Crippen LogP contribution in [0.5, 0.6) is 11.5 Å². The molecule has 2 aliphatic rings. The Kier molecular flexibility index (Phi) is 5.58. The molecule has 3 aromatic carbocycles. The molecule has 10 heteroatoms. The number of ether oxygens (including phenoxy) is 1. The lowest BCUT2D eigenvalue weighted by Crippen LogP contribution is -2.20. The van der Waals surface area contributed by atoms with E-state index in [1.54, 1.807) is 30.3 Å². The van der Waals surface area contributed by atoms with Crippen LogP contribution in [-0.4, -0.2) is 16.8 Å². The second-order valence-electron chi connectivity index (χ2n) is 9.54. The minimum absolute atomic E-state index is 0.0238. The van der Waals surface area contributed by atoms with E-state index >= 15 is 0 Å². The van der Waals surface area contributed by atoms with E-state index in [9.17, 15) is 14.0 Å². The van der Waals surface area contributed by atoms with E-state index in [1.165, 1.54) is 29.5 Å². The quantitative estimate of drug-likeness (QED) is 0.244. The number of aromatic nitrogens is 1. The Morgan fingerprint density at radius 1 is 1.08 bits per heavy atom. The van der Waals surface area contributed by atoms with Gasteiger partial charge >= 0.3 is 0 Å². The Balaban J connectivity index is 1.20. The van der Waals surface area contributed by atoms with E-state index in [-0.39, 0.29) is 23.1 Å². The molecular weight excluding hydrogens is 493 g/mol. The Morgan fingerprint density at radius 3 is 2.65 bits per heavy atom. The van der Waals surface area contributed by atoms with Crippen LogP contribution < -0.4 is 26.8 Å². The first-order valence-electron chi connectivity index (χ1n) is 12.0. The number of carbonyl (C=O) groups excluding carboxylic acids is 2. The van der Waals surface area contributed by atoms with Gasteiger partial charge in [-0.2, -0.15) is 0 Å². The number of thiazole rings is 1. The van der Waals surface area contributed by atoms with Gasteiger partial charge in [0.1, 0.15) is 11.6 Å². The van der Waals surface area contributed by atoms with Crippen molar-refractivity contribution in [2.45, 2.75) is 31.2 Å². The van der Waals surface area contributed by atoms with Gasteiger partial charge in [-0.1, -0.05) is 23.5 Å². The number of nitrogens with two attached hydrogens (primary N) is 2. The van der Waals surface area contributed by atoms with Crippen molar-refractivity contribution in [1.29, 1.82) is 0 Å². The number of nitrogens with zero attached hydrogens (tertiary/aromatic N) is 1. The first-order chi connectivity index (χ1) is 17.8. The molecule has 0 saturated heterocycles. The normalized spacial score (nSPS) is 15.8. The minimum Gasteiger partial charge on any atom is -0.455 e. The largest absolute Gasteiger partial charge is 0.455 e. The van der Waals surface area contributed by atoms with Gasteiger partial charge in [-0.15, -0.1) is 0 Å². The van der Waals surface area contributed by atoms with Gasteiger partial charge in [-0.05, 0) is 67.6 Å². The predicted octanol–water partition coefficient (Wildman–Crippen LogP) is 5.36. The number of amides is 2. The topological polar surface area (TPSA) is 132 Å². The van der Waals surface area contributed by atoms with E-state index < -0.39 is 11.7 Å². The lowest BCUT2D eigenvalue weighted by atomic mass is 10.0. The van der Waals surface area contributed by atoms with Crippen molar-refractivity contribution in [2.75, 3.05) is 16.4 Å². The molecule has 0 aliphatic heterocycles. The molecule has 0 atom stereocenters. The number of hydrogen-bond donors (Lipinski definition) is 4. The molecule has 2 amide bonds. The number of nitrogen functional groups attached to an aromatic ring is 1. The van der Waals surface area contributed by atoms with E-state index in [1.807, 2.05) is 6.07 Å². The summed E-state index contributed by atoms with van der Waals surface area (Å²) in [4.78, 5) is 29.3. The maximum absolute atomic E-state index is 14.6. The molecular formula is C27H24FN5O3S. The SMILES string of the molecule is Nc1c(Oc2ccc(F)c(NC(=O)c3cccc(C4(N)CC4)c3)c2)ccc2nc(NC(=O)C3CC3)sc12. The zero-order chi connectivity index (χ0) is 25.7. The summed E-state index contributed by atoms with van der Waals surface area (Å²) in [7, 11) is 0.